The van der Waals surface area contributed by atoms with E-state index >= 15 is 0 Å². The third-order valence-electron chi connectivity index (χ3n) is 2.27. The second kappa shape index (κ2) is 4.77. The first kappa shape index (κ1) is 10.7. The number of aryl methyl sites for hydroxylation is 1. The van der Waals surface area contributed by atoms with Gasteiger partial charge in [-0.05, 0) is 18.1 Å². The Hall–Kier alpha value is -1.35. The predicted octanol–water partition coefficient (Wildman–Crippen LogP) is 1.55. The molecule has 0 bridgehead atoms. The summed E-state index contributed by atoms with van der Waals surface area (Å²) >= 11 is 0. The van der Waals surface area contributed by atoms with E-state index in [-0.39, 0.29) is 18.9 Å². The lowest BCUT2D eigenvalue weighted by atomic mass is 9.93. The van der Waals surface area contributed by atoms with Crippen LogP contribution in [0.25, 0.3) is 0 Å². The van der Waals surface area contributed by atoms with Crippen LogP contribution < -0.4 is 0 Å². The first-order valence-corrected chi connectivity index (χ1v) is 4.53. The average Bonchev–Trinajstić information content (AvgIpc) is 2.15. The number of aliphatic hydroxyl groups is 1. The molecule has 0 saturated heterocycles. The number of aliphatic hydroxyl groups excluding tert-OH is 1. The normalized spacial score (nSPS) is 12.4. The van der Waals surface area contributed by atoms with Crippen molar-refractivity contribution in [1.82, 2.24) is 0 Å². The Morgan fingerprint density at radius 2 is 2.07 bits per heavy atom. The van der Waals surface area contributed by atoms with Gasteiger partial charge in [0, 0.05) is 5.92 Å². The monoisotopic (exact) mass is 194 g/mol. The van der Waals surface area contributed by atoms with Gasteiger partial charge in [-0.2, -0.15) is 0 Å². The van der Waals surface area contributed by atoms with E-state index in [1.165, 1.54) is 0 Å². The van der Waals surface area contributed by atoms with E-state index in [1.807, 2.05) is 31.2 Å². The van der Waals surface area contributed by atoms with Gasteiger partial charge in [0.15, 0.2) is 0 Å². The molecule has 1 atom stereocenters. The van der Waals surface area contributed by atoms with Crippen LogP contribution in [-0.2, 0) is 4.79 Å². The first-order chi connectivity index (χ1) is 6.65. The van der Waals surface area contributed by atoms with Crippen molar-refractivity contribution in [2.24, 2.45) is 0 Å². The molecule has 76 valence electrons. The first-order valence-electron chi connectivity index (χ1n) is 4.53. The van der Waals surface area contributed by atoms with Gasteiger partial charge < -0.3 is 10.2 Å². The van der Waals surface area contributed by atoms with Crippen LogP contribution in [0.4, 0.5) is 0 Å². The molecule has 1 aromatic carbocycles. The maximum Gasteiger partial charge on any atom is 0.304 e. The number of carbonyl (C=O) groups is 1. The van der Waals surface area contributed by atoms with Crippen LogP contribution in [0, 0.1) is 6.92 Å². The van der Waals surface area contributed by atoms with Crippen LogP contribution in [0.2, 0.25) is 0 Å². The summed E-state index contributed by atoms with van der Waals surface area (Å²) in [6.07, 6.45) is -0.0264. The summed E-state index contributed by atoms with van der Waals surface area (Å²) in [5.74, 6) is -1.18. The Morgan fingerprint density at radius 1 is 1.43 bits per heavy atom. The molecule has 0 amide bonds. The molecule has 0 heterocycles. The molecule has 0 radical (unpaired) electrons. The zero-order valence-corrected chi connectivity index (χ0v) is 8.10. The summed E-state index contributed by atoms with van der Waals surface area (Å²) in [5.41, 5.74) is 1.94. The van der Waals surface area contributed by atoms with E-state index in [0.29, 0.717) is 0 Å². The van der Waals surface area contributed by atoms with Crippen LogP contribution >= 0.6 is 0 Å². The van der Waals surface area contributed by atoms with Crippen molar-refractivity contribution in [2.75, 3.05) is 6.61 Å². The van der Waals surface area contributed by atoms with Gasteiger partial charge in [0.05, 0.1) is 13.0 Å². The minimum atomic E-state index is -0.882. The molecule has 0 aliphatic rings. The third-order valence-corrected chi connectivity index (χ3v) is 2.27. The average molecular weight is 194 g/mol. The summed E-state index contributed by atoms with van der Waals surface area (Å²) in [7, 11) is 0. The quantitative estimate of drug-likeness (QED) is 0.764. The molecule has 0 spiro atoms. The zero-order valence-electron chi connectivity index (χ0n) is 8.10. The Labute approximate surface area is 83.0 Å². The number of aliphatic carboxylic acids is 1. The molecular formula is C11H14O3. The Morgan fingerprint density at radius 3 is 2.57 bits per heavy atom. The van der Waals surface area contributed by atoms with Crippen molar-refractivity contribution in [3.63, 3.8) is 0 Å². The minimum Gasteiger partial charge on any atom is -0.481 e. The SMILES string of the molecule is Cc1ccccc1C(CO)CC(=O)O. The van der Waals surface area contributed by atoms with E-state index in [1.54, 1.807) is 0 Å². The number of rotatable bonds is 4. The van der Waals surface area contributed by atoms with Gasteiger partial charge in [-0.1, -0.05) is 24.3 Å². The van der Waals surface area contributed by atoms with Crippen molar-refractivity contribution < 1.29 is 15.0 Å². The minimum absolute atomic E-state index is 0.0264. The number of carboxylic acid groups (broad SMARTS) is 1. The molecule has 14 heavy (non-hydrogen) atoms. The number of carboxylic acids is 1. The van der Waals surface area contributed by atoms with E-state index in [0.717, 1.165) is 11.1 Å². The third kappa shape index (κ3) is 2.57. The smallest absolute Gasteiger partial charge is 0.304 e. The maximum atomic E-state index is 10.5. The molecule has 0 saturated carbocycles. The summed E-state index contributed by atoms with van der Waals surface area (Å²) in [6, 6.07) is 7.53. The van der Waals surface area contributed by atoms with Gasteiger partial charge >= 0.3 is 5.97 Å². The largest absolute Gasteiger partial charge is 0.481 e. The fourth-order valence-electron chi connectivity index (χ4n) is 1.53. The predicted molar refractivity (Wildman–Crippen MR) is 53.3 cm³/mol. The second-order valence-corrected chi connectivity index (χ2v) is 3.33. The molecule has 0 fully saturated rings. The maximum absolute atomic E-state index is 10.5. The van der Waals surface area contributed by atoms with Crippen molar-refractivity contribution in [3.8, 4) is 0 Å². The van der Waals surface area contributed by atoms with Crippen molar-refractivity contribution in [1.29, 1.82) is 0 Å². The van der Waals surface area contributed by atoms with Crippen molar-refractivity contribution in [3.05, 3.63) is 35.4 Å². The second-order valence-electron chi connectivity index (χ2n) is 3.33. The van der Waals surface area contributed by atoms with E-state index in [2.05, 4.69) is 0 Å². The number of hydrogen-bond donors (Lipinski definition) is 2. The molecule has 0 aliphatic carbocycles. The van der Waals surface area contributed by atoms with E-state index in [4.69, 9.17) is 10.2 Å². The van der Waals surface area contributed by atoms with Gasteiger partial charge in [0.25, 0.3) is 0 Å². The summed E-state index contributed by atoms with van der Waals surface area (Å²) in [4.78, 5) is 10.5. The van der Waals surface area contributed by atoms with Crippen molar-refractivity contribution >= 4 is 5.97 Å². The van der Waals surface area contributed by atoms with Crippen LogP contribution in [-0.4, -0.2) is 22.8 Å². The highest BCUT2D eigenvalue weighted by atomic mass is 16.4. The van der Waals surface area contributed by atoms with Crippen molar-refractivity contribution in [2.45, 2.75) is 19.3 Å². The molecule has 1 rings (SSSR count). The summed E-state index contributed by atoms with van der Waals surface area (Å²) < 4.78 is 0. The number of benzene rings is 1. The van der Waals surface area contributed by atoms with E-state index < -0.39 is 5.97 Å². The fourth-order valence-corrected chi connectivity index (χ4v) is 1.53. The molecule has 3 nitrogen and oxygen atoms in total. The Kier molecular flexibility index (Phi) is 3.65. The van der Waals surface area contributed by atoms with Gasteiger partial charge in [0.2, 0.25) is 0 Å². The molecule has 2 N–H and O–H groups in total. The number of hydrogen-bond acceptors (Lipinski definition) is 2. The van der Waals surface area contributed by atoms with Crippen LogP contribution in [0.15, 0.2) is 24.3 Å². The molecule has 0 aromatic heterocycles. The Bertz CT molecular complexity index is 320. The highest BCUT2D eigenvalue weighted by Gasteiger charge is 2.15. The highest BCUT2D eigenvalue weighted by Crippen LogP contribution is 2.22. The molecule has 0 aliphatic heterocycles. The molecule has 1 aromatic rings. The van der Waals surface area contributed by atoms with Gasteiger partial charge in [0.1, 0.15) is 0 Å². The van der Waals surface area contributed by atoms with Crippen LogP contribution in [0.1, 0.15) is 23.5 Å². The van der Waals surface area contributed by atoms with Gasteiger partial charge in [-0.15, -0.1) is 0 Å². The highest BCUT2D eigenvalue weighted by molar-refractivity contribution is 5.68. The molecule has 3 heteroatoms. The molecule has 1 unspecified atom stereocenters. The lowest BCUT2D eigenvalue weighted by molar-refractivity contribution is -0.137. The summed E-state index contributed by atoms with van der Waals surface area (Å²) in [5, 5.41) is 17.7. The van der Waals surface area contributed by atoms with Gasteiger partial charge in [-0.3, -0.25) is 4.79 Å². The fraction of sp³-hybridized carbons (Fsp3) is 0.364. The van der Waals surface area contributed by atoms with Crippen LogP contribution in [0.5, 0.6) is 0 Å². The lowest BCUT2D eigenvalue weighted by Crippen LogP contribution is -2.11. The zero-order chi connectivity index (χ0) is 10.6. The Balaban J connectivity index is 2.89. The van der Waals surface area contributed by atoms with E-state index in [9.17, 15) is 4.79 Å². The lowest BCUT2D eigenvalue weighted by Gasteiger charge is -2.14. The topological polar surface area (TPSA) is 57.5 Å². The standard InChI is InChI=1S/C11H14O3/c1-8-4-2-3-5-10(8)9(7-12)6-11(13)14/h2-5,9,12H,6-7H2,1H3,(H,13,14). The van der Waals surface area contributed by atoms with Crippen LogP contribution in [0.3, 0.4) is 0 Å². The molecular weight excluding hydrogens is 180 g/mol. The van der Waals surface area contributed by atoms with Gasteiger partial charge in [-0.25, -0.2) is 0 Å². The summed E-state index contributed by atoms with van der Waals surface area (Å²) in [6.45, 7) is 1.79.